The Kier molecular flexibility index (Phi) is 10.3. The van der Waals surface area contributed by atoms with Crippen LogP contribution in [0.1, 0.15) is 36.5 Å². The van der Waals surface area contributed by atoms with E-state index in [2.05, 4.69) is 61.0 Å². The van der Waals surface area contributed by atoms with Gasteiger partial charge < -0.3 is 10.1 Å². The number of rotatable bonds is 8. The number of thioether (sulfide) groups is 1. The number of alkyl halides is 3. The van der Waals surface area contributed by atoms with Gasteiger partial charge in [0.2, 0.25) is 5.91 Å². The highest BCUT2D eigenvalue weighted by Crippen LogP contribution is 2.34. The molecule has 0 saturated carbocycles. The van der Waals surface area contributed by atoms with Gasteiger partial charge in [0.1, 0.15) is 12.1 Å². The Hall–Kier alpha value is -4.01. The van der Waals surface area contributed by atoms with Gasteiger partial charge in [0.05, 0.1) is 17.1 Å². The number of aromatic nitrogens is 3. The monoisotopic (exact) mass is 728 g/mol. The predicted molar refractivity (Wildman–Crippen MR) is 184 cm³/mol. The third-order valence-corrected chi connectivity index (χ3v) is 8.41. The van der Waals surface area contributed by atoms with E-state index in [0.29, 0.717) is 29.0 Å². The number of ether oxygens (including phenoxy) is 1. The number of benzene rings is 3. The average molecular weight is 730 g/mol. The van der Waals surface area contributed by atoms with Gasteiger partial charge in [0.15, 0.2) is 16.1 Å². The topological polar surface area (TPSA) is 84.6 Å². The lowest BCUT2D eigenvalue weighted by Gasteiger charge is -2.22. The second-order valence-corrected chi connectivity index (χ2v) is 12.9. The Morgan fingerprint density at radius 1 is 1.15 bits per heavy atom. The Labute approximate surface area is 281 Å². The van der Waals surface area contributed by atoms with Crippen LogP contribution < -0.4 is 15.0 Å². The van der Waals surface area contributed by atoms with Crippen molar-refractivity contribution in [2.75, 3.05) is 17.2 Å². The van der Waals surface area contributed by atoms with Crippen molar-refractivity contribution in [3.05, 3.63) is 94.2 Å². The van der Waals surface area contributed by atoms with E-state index in [1.165, 1.54) is 47.0 Å². The Morgan fingerprint density at radius 2 is 1.87 bits per heavy atom. The molecule has 1 aromatic heterocycles. The van der Waals surface area contributed by atoms with Gasteiger partial charge in [-0.1, -0.05) is 77.9 Å². The lowest BCUT2D eigenvalue weighted by molar-refractivity contribution is -0.274. The van der Waals surface area contributed by atoms with Crippen LogP contribution in [-0.2, 0) is 4.79 Å². The summed E-state index contributed by atoms with van der Waals surface area (Å²) in [6.45, 7) is 6.58. The molecule has 0 radical (unpaired) electrons. The van der Waals surface area contributed by atoms with E-state index in [9.17, 15) is 18.0 Å². The van der Waals surface area contributed by atoms with E-state index in [4.69, 9.17) is 12.2 Å². The molecule has 0 unspecified atom stereocenters. The number of halogens is 4. The number of aliphatic imine (C=N–C) groups is 1. The second-order valence-electron chi connectivity index (χ2n) is 10.6. The molecule has 1 aliphatic rings. The molecule has 1 fully saturated rings. The maximum Gasteiger partial charge on any atom is 0.573 e. The number of nitrogens with one attached hydrogen (secondary N) is 1. The first kappa shape index (κ1) is 33.4. The highest BCUT2D eigenvalue weighted by molar-refractivity contribution is 9.11. The van der Waals surface area contributed by atoms with Crippen LogP contribution >= 0.6 is 39.9 Å². The molecule has 1 N–H and O–H groups in total. The molecule has 238 valence electrons. The van der Waals surface area contributed by atoms with E-state index in [1.807, 2.05) is 49.4 Å². The van der Waals surface area contributed by atoms with E-state index >= 15 is 0 Å². The minimum Gasteiger partial charge on any atom is -0.406 e. The second kappa shape index (κ2) is 14.2. The van der Waals surface area contributed by atoms with Crippen LogP contribution in [-0.4, -0.2) is 49.6 Å². The van der Waals surface area contributed by atoms with Crippen LogP contribution in [0.2, 0.25) is 0 Å². The first-order valence-electron chi connectivity index (χ1n) is 14.0. The molecule has 8 nitrogen and oxygen atoms in total. The van der Waals surface area contributed by atoms with E-state index in [-0.39, 0.29) is 22.7 Å². The van der Waals surface area contributed by atoms with Crippen molar-refractivity contribution >= 4 is 67.9 Å². The third-order valence-electron chi connectivity index (χ3n) is 6.74. The molecule has 0 spiro atoms. The predicted octanol–water partition coefficient (Wildman–Crippen LogP) is 8.01. The molecule has 0 atom stereocenters. The smallest absolute Gasteiger partial charge is 0.406 e. The molecule has 46 heavy (non-hydrogen) atoms. The summed E-state index contributed by atoms with van der Waals surface area (Å²) < 4.78 is 43.5. The van der Waals surface area contributed by atoms with Crippen molar-refractivity contribution in [3.63, 3.8) is 0 Å². The van der Waals surface area contributed by atoms with Crippen molar-refractivity contribution in [1.82, 2.24) is 20.1 Å². The van der Waals surface area contributed by atoms with Crippen LogP contribution in [0.25, 0.3) is 23.2 Å². The third kappa shape index (κ3) is 8.42. The number of carbonyl (C=O) groups is 1. The SMILES string of the molecule is Cc1ccc(C(C)C)c(N2C(=O)CSC2=NC(=S)NC/C(Br)=C\c2ccc(-c3ncn(-c4ccc(OC(F)(F)F)cc4)n3)cc2)c1. The molecule has 1 amide bonds. The molecule has 3 aromatic carbocycles. The standard InChI is InChI=1S/C32H28BrF3N6O2S2/c1-19(2)26-13-4-20(3)14-27(26)42-28(43)17-46-31(42)39-30(45)37-16-23(33)15-21-5-7-22(8-6-21)29-38-18-41(40-29)24-9-11-25(12-10-24)44-32(34,35)36/h4-15,18-19H,16-17H2,1-3H3,(H,37,45)/b23-15+,39-31?. The number of amides is 1. The molecule has 14 heteroatoms. The number of carbonyl (C=O) groups excluding carboxylic acids is 1. The highest BCUT2D eigenvalue weighted by atomic mass is 79.9. The summed E-state index contributed by atoms with van der Waals surface area (Å²) in [7, 11) is 0. The number of amidine groups is 1. The summed E-state index contributed by atoms with van der Waals surface area (Å²) in [6, 6.07) is 19.0. The molecule has 4 aromatic rings. The summed E-state index contributed by atoms with van der Waals surface area (Å²) in [5.41, 5.74) is 5.19. The molecule has 1 aliphatic heterocycles. The number of aryl methyl sites for hydroxylation is 1. The molecule has 5 rings (SSSR count). The van der Waals surface area contributed by atoms with Crippen LogP contribution in [0.5, 0.6) is 5.75 Å². The van der Waals surface area contributed by atoms with Gasteiger partial charge in [-0.05, 0) is 78.2 Å². The summed E-state index contributed by atoms with van der Waals surface area (Å²) >= 11 is 10.4. The summed E-state index contributed by atoms with van der Waals surface area (Å²) in [4.78, 5) is 23.4. The zero-order valence-electron chi connectivity index (χ0n) is 24.9. The summed E-state index contributed by atoms with van der Waals surface area (Å²) in [5, 5.41) is 8.38. The average Bonchev–Trinajstić information content (AvgIpc) is 3.63. The van der Waals surface area contributed by atoms with E-state index in [0.717, 1.165) is 32.4 Å². The zero-order chi connectivity index (χ0) is 33.0. The molecule has 1 saturated heterocycles. The van der Waals surface area contributed by atoms with Gasteiger partial charge in [-0.3, -0.25) is 9.69 Å². The Bertz CT molecular complexity index is 1810. The lowest BCUT2D eigenvalue weighted by atomic mass is 9.99. The van der Waals surface area contributed by atoms with Gasteiger partial charge in [0, 0.05) is 16.6 Å². The fraction of sp³-hybridized carbons (Fsp3) is 0.219. The molecule has 2 heterocycles. The number of anilines is 1. The number of hydrogen-bond donors (Lipinski definition) is 1. The van der Waals surface area contributed by atoms with Gasteiger partial charge in [-0.2, -0.15) is 4.99 Å². The number of nitrogens with zero attached hydrogens (tertiary/aromatic N) is 5. The van der Waals surface area contributed by atoms with Gasteiger partial charge in [-0.25, -0.2) is 9.67 Å². The summed E-state index contributed by atoms with van der Waals surface area (Å²) in [6.07, 6.45) is -1.33. The molecule has 0 bridgehead atoms. The fourth-order valence-electron chi connectivity index (χ4n) is 4.58. The zero-order valence-corrected chi connectivity index (χ0v) is 28.1. The fourth-order valence-corrected chi connectivity index (χ4v) is 6.07. The van der Waals surface area contributed by atoms with Crippen molar-refractivity contribution in [3.8, 4) is 22.8 Å². The minimum atomic E-state index is -4.75. The number of hydrogen-bond acceptors (Lipinski definition) is 6. The van der Waals surface area contributed by atoms with Crippen LogP contribution in [0, 0.1) is 6.92 Å². The minimum absolute atomic E-state index is 0.0286. The summed E-state index contributed by atoms with van der Waals surface area (Å²) in [5.74, 6) is 0.654. The normalized spacial score (nSPS) is 14.8. The lowest BCUT2D eigenvalue weighted by Crippen LogP contribution is -2.32. The van der Waals surface area contributed by atoms with Gasteiger partial charge in [0.25, 0.3) is 0 Å². The van der Waals surface area contributed by atoms with Crippen LogP contribution in [0.3, 0.4) is 0 Å². The molecular weight excluding hydrogens is 701 g/mol. The quantitative estimate of drug-likeness (QED) is 0.184. The van der Waals surface area contributed by atoms with E-state index in [1.54, 1.807) is 4.90 Å². The van der Waals surface area contributed by atoms with Crippen molar-refractivity contribution in [2.24, 2.45) is 4.99 Å². The van der Waals surface area contributed by atoms with Crippen LogP contribution in [0.4, 0.5) is 18.9 Å². The van der Waals surface area contributed by atoms with E-state index < -0.39 is 6.36 Å². The maximum atomic E-state index is 12.9. The highest BCUT2D eigenvalue weighted by Gasteiger charge is 2.32. The first-order chi connectivity index (χ1) is 21.9. The van der Waals surface area contributed by atoms with Crippen molar-refractivity contribution in [2.45, 2.75) is 33.1 Å². The van der Waals surface area contributed by atoms with Crippen LogP contribution in [0.15, 0.2) is 82.5 Å². The molecular formula is C32H28BrF3N6O2S2. The van der Waals surface area contributed by atoms with Gasteiger partial charge in [-0.15, -0.1) is 18.3 Å². The van der Waals surface area contributed by atoms with Crippen molar-refractivity contribution in [1.29, 1.82) is 0 Å². The van der Waals surface area contributed by atoms with Gasteiger partial charge >= 0.3 is 6.36 Å². The first-order valence-corrected chi connectivity index (χ1v) is 16.2. The van der Waals surface area contributed by atoms with Crippen molar-refractivity contribution < 1.29 is 22.7 Å². The largest absolute Gasteiger partial charge is 0.573 e. The maximum absolute atomic E-state index is 12.9. The molecule has 0 aliphatic carbocycles. The Morgan fingerprint density at radius 3 is 2.54 bits per heavy atom. The Balaban J connectivity index is 1.20. The number of thiocarbonyl (C=S) groups is 1.